The van der Waals surface area contributed by atoms with E-state index in [1.54, 1.807) is 6.20 Å². The molecule has 2 rings (SSSR count). The molecule has 0 bridgehead atoms. The van der Waals surface area contributed by atoms with Crippen molar-refractivity contribution in [2.24, 2.45) is 5.92 Å². The second-order valence-electron chi connectivity index (χ2n) is 7.26. The lowest BCUT2D eigenvalue weighted by Crippen LogP contribution is -2.57. The van der Waals surface area contributed by atoms with Gasteiger partial charge in [0.15, 0.2) is 0 Å². The molecular formula is C17H31N5O2. The number of aromatic amines is 1. The Morgan fingerprint density at radius 1 is 1.42 bits per heavy atom. The molecule has 1 aromatic rings. The molecule has 0 aromatic carbocycles. The molecule has 7 heteroatoms. The van der Waals surface area contributed by atoms with Crippen molar-refractivity contribution < 1.29 is 9.90 Å². The molecule has 0 saturated carbocycles. The van der Waals surface area contributed by atoms with Crippen LogP contribution in [0.2, 0.25) is 0 Å². The van der Waals surface area contributed by atoms with Crippen molar-refractivity contribution in [2.45, 2.75) is 57.9 Å². The fraction of sp³-hybridized carbons (Fsp3) is 0.824. The number of aryl methyl sites for hydroxylation is 1. The first-order chi connectivity index (χ1) is 11.5. The van der Waals surface area contributed by atoms with Crippen LogP contribution in [-0.2, 0) is 11.2 Å². The fourth-order valence-electron chi connectivity index (χ4n) is 3.08. The molecule has 136 valence electrons. The summed E-state index contributed by atoms with van der Waals surface area (Å²) in [5.41, 5.74) is 0.734. The Morgan fingerprint density at radius 3 is 2.75 bits per heavy atom. The number of nitrogens with one attached hydrogen (secondary N) is 2. The Morgan fingerprint density at radius 2 is 2.17 bits per heavy atom. The van der Waals surface area contributed by atoms with Crippen LogP contribution in [0.25, 0.3) is 0 Å². The van der Waals surface area contributed by atoms with Crippen molar-refractivity contribution in [3.05, 3.63) is 11.9 Å². The molecule has 0 atom stereocenters. The van der Waals surface area contributed by atoms with E-state index in [0.717, 1.165) is 57.4 Å². The lowest BCUT2D eigenvalue weighted by atomic mass is 9.87. The Bertz CT molecular complexity index is 481. The Hall–Kier alpha value is -1.47. The van der Waals surface area contributed by atoms with Gasteiger partial charge in [-0.25, -0.2) is 0 Å². The van der Waals surface area contributed by atoms with Crippen LogP contribution in [0.5, 0.6) is 0 Å². The number of likely N-dealkylation sites (tertiary alicyclic amines) is 1. The zero-order valence-electron chi connectivity index (χ0n) is 14.9. The number of nitrogens with zero attached hydrogens (tertiary/aromatic N) is 3. The number of aromatic nitrogens is 3. The van der Waals surface area contributed by atoms with Crippen LogP contribution in [0, 0.1) is 5.92 Å². The number of aliphatic hydroxyl groups is 1. The number of carbonyl (C=O) groups excluding carboxylic acids is 1. The van der Waals surface area contributed by atoms with Gasteiger partial charge in [-0.1, -0.05) is 13.8 Å². The lowest BCUT2D eigenvalue weighted by Gasteiger charge is -2.42. The zero-order chi connectivity index (χ0) is 17.4. The molecule has 1 fully saturated rings. The first kappa shape index (κ1) is 18.9. The van der Waals surface area contributed by atoms with Crippen LogP contribution >= 0.6 is 0 Å². The normalized spacial score (nSPS) is 17.4. The van der Waals surface area contributed by atoms with Gasteiger partial charge in [0.05, 0.1) is 18.5 Å². The molecule has 2 heterocycles. The van der Waals surface area contributed by atoms with E-state index in [2.05, 4.69) is 34.6 Å². The average Bonchev–Trinajstić information content (AvgIpc) is 3.10. The molecule has 1 amide bonds. The zero-order valence-corrected chi connectivity index (χ0v) is 14.9. The standard InChI is InChI=1S/C17H31N5O2/c1-14(2)11-18-17(13-23)7-9-22(10-8-17)16(24)6-4-3-5-15-12-19-21-20-15/h12,14,18,23H,3-11,13H2,1-2H3,(H,19,20,21). The quantitative estimate of drug-likeness (QED) is 0.587. The second kappa shape index (κ2) is 9.13. The minimum Gasteiger partial charge on any atom is -0.394 e. The highest BCUT2D eigenvalue weighted by Crippen LogP contribution is 2.23. The molecule has 1 aliphatic heterocycles. The number of H-pyrrole nitrogens is 1. The number of aliphatic hydroxyl groups excluding tert-OH is 1. The molecule has 1 saturated heterocycles. The number of piperidine rings is 1. The van der Waals surface area contributed by atoms with E-state index < -0.39 is 0 Å². The van der Waals surface area contributed by atoms with Crippen molar-refractivity contribution in [1.29, 1.82) is 0 Å². The maximum atomic E-state index is 12.3. The minimum absolute atomic E-state index is 0.138. The van der Waals surface area contributed by atoms with Gasteiger partial charge < -0.3 is 15.3 Å². The summed E-state index contributed by atoms with van der Waals surface area (Å²) in [5.74, 6) is 0.781. The van der Waals surface area contributed by atoms with Gasteiger partial charge >= 0.3 is 0 Å². The number of carbonyl (C=O) groups is 1. The number of hydrogen-bond donors (Lipinski definition) is 3. The first-order valence-corrected chi connectivity index (χ1v) is 9.03. The largest absolute Gasteiger partial charge is 0.394 e. The predicted molar refractivity (Wildman–Crippen MR) is 92.4 cm³/mol. The fourth-order valence-corrected chi connectivity index (χ4v) is 3.08. The molecule has 1 aromatic heterocycles. The van der Waals surface area contributed by atoms with Crippen molar-refractivity contribution in [1.82, 2.24) is 25.6 Å². The monoisotopic (exact) mass is 337 g/mol. The summed E-state index contributed by atoms with van der Waals surface area (Å²) in [4.78, 5) is 14.3. The smallest absolute Gasteiger partial charge is 0.222 e. The third kappa shape index (κ3) is 5.56. The highest BCUT2D eigenvalue weighted by atomic mass is 16.3. The third-order valence-corrected chi connectivity index (χ3v) is 4.80. The minimum atomic E-state index is -0.214. The highest BCUT2D eigenvalue weighted by Gasteiger charge is 2.34. The van der Waals surface area contributed by atoms with Crippen molar-refractivity contribution in [3.8, 4) is 0 Å². The van der Waals surface area contributed by atoms with Crippen LogP contribution in [0.15, 0.2) is 6.20 Å². The van der Waals surface area contributed by atoms with Crippen molar-refractivity contribution in [2.75, 3.05) is 26.2 Å². The van der Waals surface area contributed by atoms with E-state index in [-0.39, 0.29) is 18.1 Å². The first-order valence-electron chi connectivity index (χ1n) is 9.03. The summed E-state index contributed by atoms with van der Waals surface area (Å²) in [5, 5.41) is 23.7. The molecule has 3 N–H and O–H groups in total. The summed E-state index contributed by atoms with van der Waals surface area (Å²) in [6.45, 7) is 6.82. The topological polar surface area (TPSA) is 94.1 Å². The van der Waals surface area contributed by atoms with Crippen LogP contribution < -0.4 is 5.32 Å². The molecule has 7 nitrogen and oxygen atoms in total. The Labute approximate surface area is 144 Å². The van der Waals surface area contributed by atoms with Crippen molar-refractivity contribution >= 4 is 5.91 Å². The average molecular weight is 337 g/mol. The van der Waals surface area contributed by atoms with E-state index in [1.165, 1.54) is 0 Å². The van der Waals surface area contributed by atoms with Gasteiger partial charge in [0.2, 0.25) is 5.91 Å². The van der Waals surface area contributed by atoms with E-state index in [1.807, 2.05) is 4.90 Å². The van der Waals surface area contributed by atoms with E-state index in [0.29, 0.717) is 12.3 Å². The molecule has 0 unspecified atom stereocenters. The van der Waals surface area contributed by atoms with Gasteiger partial charge in [0, 0.05) is 25.0 Å². The Kier molecular flexibility index (Phi) is 7.17. The summed E-state index contributed by atoms with van der Waals surface area (Å²) in [6, 6.07) is 0. The molecular weight excluding hydrogens is 306 g/mol. The van der Waals surface area contributed by atoms with Crippen LogP contribution in [-0.4, -0.2) is 63.1 Å². The van der Waals surface area contributed by atoms with E-state index in [4.69, 9.17) is 0 Å². The summed E-state index contributed by atoms with van der Waals surface area (Å²) in [6.07, 6.45) is 6.63. The maximum Gasteiger partial charge on any atom is 0.222 e. The van der Waals surface area contributed by atoms with Crippen LogP contribution in [0.4, 0.5) is 0 Å². The molecule has 0 aliphatic carbocycles. The third-order valence-electron chi connectivity index (χ3n) is 4.80. The highest BCUT2D eigenvalue weighted by molar-refractivity contribution is 5.76. The van der Waals surface area contributed by atoms with Gasteiger partial charge in [-0.3, -0.25) is 4.79 Å². The molecule has 0 radical (unpaired) electrons. The summed E-state index contributed by atoms with van der Waals surface area (Å²) >= 11 is 0. The molecule has 24 heavy (non-hydrogen) atoms. The van der Waals surface area contributed by atoms with Gasteiger partial charge in [-0.05, 0) is 44.6 Å². The lowest BCUT2D eigenvalue weighted by molar-refractivity contribution is -0.133. The van der Waals surface area contributed by atoms with Crippen LogP contribution in [0.1, 0.15) is 51.6 Å². The Balaban J connectivity index is 1.67. The number of amides is 1. The molecule has 0 spiro atoms. The summed E-state index contributed by atoms with van der Waals surface area (Å²) < 4.78 is 0. The van der Waals surface area contributed by atoms with Gasteiger partial charge in [0.1, 0.15) is 0 Å². The molecule has 1 aliphatic rings. The number of hydrogen-bond acceptors (Lipinski definition) is 5. The SMILES string of the molecule is CC(C)CNC1(CO)CCN(C(=O)CCCCc2cn[nH]n2)CC1. The number of rotatable bonds is 9. The van der Waals surface area contributed by atoms with E-state index in [9.17, 15) is 9.90 Å². The van der Waals surface area contributed by atoms with Gasteiger partial charge in [-0.2, -0.15) is 15.4 Å². The predicted octanol–water partition coefficient (Wildman–Crippen LogP) is 1.12. The van der Waals surface area contributed by atoms with Gasteiger partial charge in [0.25, 0.3) is 0 Å². The maximum absolute atomic E-state index is 12.3. The summed E-state index contributed by atoms with van der Waals surface area (Å²) in [7, 11) is 0. The van der Waals surface area contributed by atoms with Crippen LogP contribution in [0.3, 0.4) is 0 Å². The van der Waals surface area contributed by atoms with Gasteiger partial charge in [-0.15, -0.1) is 0 Å². The number of unbranched alkanes of at least 4 members (excludes halogenated alkanes) is 1. The van der Waals surface area contributed by atoms with E-state index >= 15 is 0 Å². The van der Waals surface area contributed by atoms with Crippen molar-refractivity contribution in [3.63, 3.8) is 0 Å². The second-order valence-corrected chi connectivity index (χ2v) is 7.26.